The van der Waals surface area contributed by atoms with Crippen molar-refractivity contribution < 1.29 is 21.1 Å². The average molecular weight is 276 g/mol. The van der Waals surface area contributed by atoms with Crippen LogP contribution >= 0.6 is 0 Å². The zero-order valence-electron chi connectivity index (χ0n) is 4.79. The van der Waals surface area contributed by atoms with Crippen molar-refractivity contribution in [1.82, 2.24) is 0 Å². The van der Waals surface area contributed by atoms with Gasteiger partial charge < -0.3 is 7.43 Å². The molecule has 8 heavy (non-hydrogen) atoms. The van der Waals surface area contributed by atoms with Crippen molar-refractivity contribution in [3.63, 3.8) is 0 Å². The Morgan fingerprint density at radius 3 is 1.50 bits per heavy atom. The third-order valence-electron chi connectivity index (χ3n) is 0.607. The van der Waals surface area contributed by atoms with Gasteiger partial charge in [0.25, 0.3) is 0 Å². The van der Waals surface area contributed by atoms with E-state index in [0.29, 0.717) is 0 Å². The van der Waals surface area contributed by atoms with Crippen molar-refractivity contribution in [2.75, 3.05) is 0 Å². The molecule has 42 valence electrons. The van der Waals surface area contributed by atoms with Gasteiger partial charge in [0, 0.05) is 0 Å². The standard InChI is InChI=1S/C6H5.CH3.W/c1-2-4-6-5-3-1;;/h1-5H;1H3;/q2*-1;+2. The molecule has 0 saturated carbocycles. The second-order valence-corrected chi connectivity index (χ2v) is 1.08. The molecule has 0 nitrogen and oxygen atoms in total. The molecule has 0 unspecified atom stereocenters. The predicted molar refractivity (Wildman–Crippen MR) is 31.7 cm³/mol. The summed E-state index contributed by atoms with van der Waals surface area (Å²) in [5.74, 6) is 0. The summed E-state index contributed by atoms with van der Waals surface area (Å²) < 4.78 is 0. The largest absolute Gasteiger partial charge is 2.00 e. The van der Waals surface area contributed by atoms with Crippen LogP contribution in [0, 0.1) is 13.5 Å². The summed E-state index contributed by atoms with van der Waals surface area (Å²) in [6.07, 6.45) is 0. The normalized spacial score (nSPS) is 6.00. The van der Waals surface area contributed by atoms with Crippen LogP contribution in [0.25, 0.3) is 0 Å². The Labute approximate surface area is 65.2 Å². The van der Waals surface area contributed by atoms with Crippen molar-refractivity contribution in [3.8, 4) is 0 Å². The Bertz CT molecular complexity index is 76.3. The molecular formula is C7H8W. The minimum atomic E-state index is 0. The van der Waals surface area contributed by atoms with E-state index in [9.17, 15) is 0 Å². The van der Waals surface area contributed by atoms with Gasteiger partial charge in [-0.15, -0.1) is 0 Å². The van der Waals surface area contributed by atoms with Crippen LogP contribution in [0.3, 0.4) is 0 Å². The third-order valence-corrected chi connectivity index (χ3v) is 0.607. The van der Waals surface area contributed by atoms with E-state index in [4.69, 9.17) is 0 Å². The van der Waals surface area contributed by atoms with E-state index < -0.39 is 0 Å². The van der Waals surface area contributed by atoms with Gasteiger partial charge >= 0.3 is 21.1 Å². The summed E-state index contributed by atoms with van der Waals surface area (Å²) in [6.45, 7) is 0. The summed E-state index contributed by atoms with van der Waals surface area (Å²) in [5.41, 5.74) is 0. The number of benzene rings is 1. The molecular weight excluding hydrogens is 268 g/mol. The van der Waals surface area contributed by atoms with Crippen molar-refractivity contribution >= 4 is 0 Å². The molecule has 0 fully saturated rings. The smallest absolute Gasteiger partial charge is 0.358 e. The van der Waals surface area contributed by atoms with Gasteiger partial charge in [-0.3, -0.25) is 0 Å². The SMILES string of the molecule is [CH3-].[W+2].[c-]1ccccc1. The van der Waals surface area contributed by atoms with Crippen LogP contribution in [0.5, 0.6) is 0 Å². The zero-order valence-corrected chi connectivity index (χ0v) is 7.73. The molecule has 0 heterocycles. The number of hydrogen-bond acceptors (Lipinski definition) is 0. The zero-order chi connectivity index (χ0) is 4.24. The first-order chi connectivity index (χ1) is 3.00. The average Bonchev–Trinajstić information content (AvgIpc) is 1.72. The maximum Gasteiger partial charge on any atom is 2.00 e. The Morgan fingerprint density at radius 2 is 1.38 bits per heavy atom. The van der Waals surface area contributed by atoms with Crippen molar-refractivity contribution in [2.45, 2.75) is 0 Å². The molecule has 1 heteroatoms. The molecule has 0 spiro atoms. The Balaban J connectivity index is 0. The summed E-state index contributed by atoms with van der Waals surface area (Å²) >= 11 is 0. The van der Waals surface area contributed by atoms with Gasteiger partial charge in [0.1, 0.15) is 0 Å². The van der Waals surface area contributed by atoms with E-state index in [1.54, 1.807) is 0 Å². The summed E-state index contributed by atoms with van der Waals surface area (Å²) in [5, 5.41) is 0. The van der Waals surface area contributed by atoms with Crippen LogP contribution < -0.4 is 0 Å². The first-order valence-electron chi connectivity index (χ1n) is 1.91. The number of hydrogen-bond donors (Lipinski definition) is 0. The molecule has 1 aromatic carbocycles. The van der Waals surface area contributed by atoms with Gasteiger partial charge in [0.2, 0.25) is 0 Å². The Kier molecular flexibility index (Phi) is 9.34. The van der Waals surface area contributed by atoms with Crippen LogP contribution in [0.1, 0.15) is 0 Å². The second kappa shape index (κ2) is 6.91. The molecule has 0 atom stereocenters. The van der Waals surface area contributed by atoms with Gasteiger partial charge in [-0.1, -0.05) is 0 Å². The minimum absolute atomic E-state index is 0. The van der Waals surface area contributed by atoms with Crippen LogP contribution in [0.15, 0.2) is 30.3 Å². The van der Waals surface area contributed by atoms with Crippen LogP contribution in [-0.4, -0.2) is 0 Å². The molecule has 0 amide bonds. The molecule has 0 N–H and O–H groups in total. The van der Waals surface area contributed by atoms with E-state index >= 15 is 0 Å². The number of rotatable bonds is 0. The van der Waals surface area contributed by atoms with E-state index in [-0.39, 0.29) is 28.5 Å². The molecule has 0 radical (unpaired) electrons. The van der Waals surface area contributed by atoms with Gasteiger partial charge in [0.05, 0.1) is 0 Å². The van der Waals surface area contributed by atoms with Crippen LogP contribution in [0.2, 0.25) is 0 Å². The quantitative estimate of drug-likeness (QED) is 0.635. The summed E-state index contributed by atoms with van der Waals surface area (Å²) in [7, 11) is 0. The molecule has 1 aromatic rings. The van der Waals surface area contributed by atoms with Gasteiger partial charge in [-0.25, -0.2) is 0 Å². The molecule has 0 bridgehead atoms. The third kappa shape index (κ3) is 4.08. The minimum Gasteiger partial charge on any atom is -0.358 e. The molecule has 0 aliphatic rings. The van der Waals surface area contributed by atoms with Crippen LogP contribution in [-0.2, 0) is 21.1 Å². The van der Waals surface area contributed by atoms with Crippen LogP contribution in [0.4, 0.5) is 0 Å². The van der Waals surface area contributed by atoms with E-state index in [1.807, 2.05) is 30.3 Å². The fraction of sp³-hybridized carbons (Fsp3) is 0. The fourth-order valence-electron chi connectivity index (χ4n) is 0.342. The van der Waals surface area contributed by atoms with E-state index in [1.165, 1.54) is 0 Å². The molecule has 0 aliphatic heterocycles. The molecule has 0 aliphatic carbocycles. The maximum atomic E-state index is 2.89. The van der Waals surface area contributed by atoms with E-state index in [0.717, 1.165) is 0 Å². The van der Waals surface area contributed by atoms with Gasteiger partial charge in [-0.05, 0) is 0 Å². The van der Waals surface area contributed by atoms with E-state index in [2.05, 4.69) is 6.07 Å². The molecule has 1 rings (SSSR count). The molecule has 0 saturated heterocycles. The Morgan fingerprint density at radius 1 is 0.875 bits per heavy atom. The fourth-order valence-corrected chi connectivity index (χ4v) is 0.342. The van der Waals surface area contributed by atoms with Gasteiger partial charge in [0.15, 0.2) is 0 Å². The topological polar surface area (TPSA) is 0 Å². The summed E-state index contributed by atoms with van der Waals surface area (Å²) in [6, 6.07) is 12.5. The monoisotopic (exact) mass is 276 g/mol. The van der Waals surface area contributed by atoms with Crippen molar-refractivity contribution in [2.24, 2.45) is 0 Å². The van der Waals surface area contributed by atoms with Crippen molar-refractivity contribution in [1.29, 1.82) is 0 Å². The first-order valence-corrected chi connectivity index (χ1v) is 1.91. The molecule has 0 aromatic heterocycles. The second-order valence-electron chi connectivity index (χ2n) is 1.08. The van der Waals surface area contributed by atoms with Crippen molar-refractivity contribution in [3.05, 3.63) is 43.8 Å². The maximum absolute atomic E-state index is 2.89. The first kappa shape index (κ1) is 10.8. The summed E-state index contributed by atoms with van der Waals surface area (Å²) in [4.78, 5) is 0. The predicted octanol–water partition coefficient (Wildman–Crippen LogP) is 1.93. The van der Waals surface area contributed by atoms with Gasteiger partial charge in [-0.2, -0.15) is 36.4 Å². The Hall–Kier alpha value is -0.0917.